The van der Waals surface area contributed by atoms with Crippen LogP contribution in [0, 0.1) is 16.7 Å². The minimum absolute atomic E-state index is 0.0888. The van der Waals surface area contributed by atoms with Gasteiger partial charge in [-0.1, -0.05) is 13.8 Å². The molecule has 19 heavy (non-hydrogen) atoms. The zero-order chi connectivity index (χ0) is 14.1. The average Bonchev–Trinajstić information content (AvgIpc) is 2.97. The van der Waals surface area contributed by atoms with Gasteiger partial charge in [-0.3, -0.25) is 0 Å². The second-order valence-electron chi connectivity index (χ2n) is 5.65. The quantitative estimate of drug-likeness (QED) is 0.890. The fraction of sp³-hybridized carbons (Fsp3) is 0.500. The summed E-state index contributed by atoms with van der Waals surface area (Å²) in [5.41, 5.74) is 0.773. The van der Waals surface area contributed by atoms with Gasteiger partial charge in [-0.25, -0.2) is 8.42 Å². The maximum Gasteiger partial charge on any atom is 0.179 e. The van der Waals surface area contributed by atoms with Crippen LogP contribution in [0.3, 0.4) is 0 Å². The van der Waals surface area contributed by atoms with E-state index in [1.807, 2.05) is 6.07 Å². The van der Waals surface area contributed by atoms with Crippen molar-refractivity contribution in [3.63, 3.8) is 0 Å². The van der Waals surface area contributed by atoms with Crippen LogP contribution in [-0.4, -0.2) is 26.8 Å². The van der Waals surface area contributed by atoms with Gasteiger partial charge in [0.25, 0.3) is 0 Å². The zero-order valence-electron chi connectivity index (χ0n) is 11.2. The van der Waals surface area contributed by atoms with E-state index in [1.54, 1.807) is 0 Å². The van der Waals surface area contributed by atoms with Crippen molar-refractivity contribution in [2.45, 2.75) is 31.2 Å². The maximum atomic E-state index is 12.1. The third-order valence-corrected chi connectivity index (χ3v) is 5.35. The van der Waals surface area contributed by atoms with Crippen LogP contribution < -0.4 is 5.32 Å². The molecule has 0 bridgehead atoms. The molecule has 1 atom stereocenters. The Balaban J connectivity index is 1.92. The number of hydrogen-bond acceptors (Lipinski definition) is 4. The molecule has 1 saturated carbocycles. The third kappa shape index (κ3) is 3.34. The summed E-state index contributed by atoms with van der Waals surface area (Å²) >= 11 is 0. The number of nitrogens with one attached hydrogen (secondary N) is 1. The van der Waals surface area contributed by atoms with Gasteiger partial charge in [-0.2, -0.15) is 5.26 Å². The average molecular weight is 278 g/mol. The highest BCUT2D eigenvalue weighted by molar-refractivity contribution is 7.91. The maximum absolute atomic E-state index is 12.1. The Morgan fingerprint density at radius 2 is 1.95 bits per heavy atom. The number of benzene rings is 1. The van der Waals surface area contributed by atoms with Crippen molar-refractivity contribution in [3.05, 3.63) is 29.8 Å². The molecule has 0 aliphatic heterocycles. The molecule has 0 amide bonds. The predicted molar refractivity (Wildman–Crippen MR) is 73.4 cm³/mol. The molecule has 2 rings (SSSR count). The topological polar surface area (TPSA) is 70.0 Å². The van der Waals surface area contributed by atoms with E-state index in [9.17, 15) is 8.42 Å². The monoisotopic (exact) mass is 278 g/mol. The molecule has 4 nitrogen and oxygen atoms in total. The first-order valence-electron chi connectivity index (χ1n) is 6.31. The van der Waals surface area contributed by atoms with E-state index in [-0.39, 0.29) is 10.6 Å². The molecule has 1 aliphatic rings. The van der Waals surface area contributed by atoms with Crippen molar-refractivity contribution < 1.29 is 8.42 Å². The summed E-state index contributed by atoms with van der Waals surface area (Å²) in [5, 5.41) is 11.9. The van der Waals surface area contributed by atoms with Crippen molar-refractivity contribution in [2.75, 3.05) is 12.3 Å². The van der Waals surface area contributed by atoms with Gasteiger partial charge in [0.1, 0.15) is 0 Å². The van der Waals surface area contributed by atoms with E-state index in [0.717, 1.165) is 6.42 Å². The first-order chi connectivity index (χ1) is 8.85. The van der Waals surface area contributed by atoms with Gasteiger partial charge >= 0.3 is 0 Å². The number of sulfone groups is 1. The summed E-state index contributed by atoms with van der Waals surface area (Å²) in [5.74, 6) is 0.0888. The van der Waals surface area contributed by atoms with Crippen LogP contribution in [-0.2, 0) is 9.84 Å². The molecule has 0 heterocycles. The Bertz CT molecular complexity index is 597. The fourth-order valence-electron chi connectivity index (χ4n) is 2.04. The molecule has 102 valence electrons. The molecule has 0 radical (unpaired) electrons. The van der Waals surface area contributed by atoms with E-state index < -0.39 is 9.84 Å². The van der Waals surface area contributed by atoms with Gasteiger partial charge in [0, 0.05) is 12.6 Å². The molecule has 0 aromatic heterocycles. The lowest BCUT2D eigenvalue weighted by Crippen LogP contribution is -2.27. The van der Waals surface area contributed by atoms with Crippen molar-refractivity contribution in [2.24, 2.45) is 5.41 Å². The third-order valence-electron chi connectivity index (χ3n) is 3.62. The summed E-state index contributed by atoms with van der Waals surface area (Å²) in [4.78, 5) is 0.281. The van der Waals surface area contributed by atoms with Crippen molar-refractivity contribution in [1.29, 1.82) is 5.26 Å². The normalized spacial score (nSPS) is 20.8. The van der Waals surface area contributed by atoms with E-state index in [1.165, 1.54) is 24.3 Å². The highest BCUT2D eigenvalue weighted by atomic mass is 32.2. The zero-order valence-corrected chi connectivity index (χ0v) is 12.0. The van der Waals surface area contributed by atoms with E-state index in [0.29, 0.717) is 23.6 Å². The highest BCUT2D eigenvalue weighted by Gasteiger charge is 2.45. The molecular formula is C14H18N2O2S. The Kier molecular flexibility index (Phi) is 3.66. The summed E-state index contributed by atoms with van der Waals surface area (Å²) in [7, 11) is -3.26. The van der Waals surface area contributed by atoms with Crippen molar-refractivity contribution in [1.82, 2.24) is 5.32 Å². The van der Waals surface area contributed by atoms with Crippen LogP contribution in [0.2, 0.25) is 0 Å². The van der Waals surface area contributed by atoms with Crippen LogP contribution in [0.1, 0.15) is 25.8 Å². The minimum Gasteiger partial charge on any atom is -0.312 e. The summed E-state index contributed by atoms with van der Waals surface area (Å²) < 4.78 is 24.1. The SMILES string of the molecule is CC1(C)CC1NCCS(=O)(=O)c1ccc(C#N)cc1. The summed E-state index contributed by atoms with van der Waals surface area (Å²) in [6.07, 6.45) is 1.10. The van der Waals surface area contributed by atoms with Crippen LogP contribution in [0.4, 0.5) is 0 Å². The summed E-state index contributed by atoms with van der Waals surface area (Å²) in [6, 6.07) is 8.46. The highest BCUT2D eigenvalue weighted by Crippen LogP contribution is 2.44. The molecule has 1 unspecified atom stereocenters. The predicted octanol–water partition coefficient (Wildman–Crippen LogP) is 1.72. The van der Waals surface area contributed by atoms with Gasteiger partial charge in [0.2, 0.25) is 0 Å². The number of nitriles is 1. The molecule has 1 N–H and O–H groups in total. The Morgan fingerprint density at radius 3 is 2.42 bits per heavy atom. The van der Waals surface area contributed by atoms with Gasteiger partial charge in [0.05, 0.1) is 22.3 Å². The molecule has 1 aliphatic carbocycles. The second kappa shape index (κ2) is 4.95. The lowest BCUT2D eigenvalue weighted by Gasteiger charge is -2.07. The standard InChI is InChI=1S/C14H18N2O2S/c1-14(2)9-13(14)16-7-8-19(17,18)12-5-3-11(10-15)4-6-12/h3-6,13,16H,7-9H2,1-2H3. The van der Waals surface area contributed by atoms with E-state index in [4.69, 9.17) is 5.26 Å². The van der Waals surface area contributed by atoms with Crippen LogP contribution in [0.5, 0.6) is 0 Å². The van der Waals surface area contributed by atoms with E-state index in [2.05, 4.69) is 19.2 Å². The van der Waals surface area contributed by atoms with Gasteiger partial charge in [-0.15, -0.1) is 0 Å². The van der Waals surface area contributed by atoms with Gasteiger partial charge < -0.3 is 5.32 Å². The molecular weight excluding hydrogens is 260 g/mol. The van der Waals surface area contributed by atoms with Gasteiger partial charge in [-0.05, 0) is 36.1 Å². The van der Waals surface area contributed by atoms with Crippen LogP contribution in [0.25, 0.3) is 0 Å². The Morgan fingerprint density at radius 1 is 1.37 bits per heavy atom. The molecule has 1 fully saturated rings. The Hall–Kier alpha value is -1.38. The molecule has 0 spiro atoms. The molecule has 5 heteroatoms. The van der Waals surface area contributed by atoms with Crippen molar-refractivity contribution >= 4 is 9.84 Å². The van der Waals surface area contributed by atoms with Crippen molar-refractivity contribution in [3.8, 4) is 6.07 Å². The first kappa shape index (κ1) is 14.0. The van der Waals surface area contributed by atoms with Crippen LogP contribution >= 0.6 is 0 Å². The number of rotatable bonds is 5. The smallest absolute Gasteiger partial charge is 0.179 e. The first-order valence-corrected chi connectivity index (χ1v) is 7.97. The molecule has 0 saturated heterocycles. The number of nitrogens with zero attached hydrogens (tertiary/aromatic N) is 1. The van der Waals surface area contributed by atoms with E-state index >= 15 is 0 Å². The largest absolute Gasteiger partial charge is 0.312 e. The lowest BCUT2D eigenvalue weighted by atomic mass is 10.2. The number of hydrogen-bond donors (Lipinski definition) is 1. The molecule has 1 aromatic carbocycles. The Labute approximate surface area is 114 Å². The van der Waals surface area contributed by atoms with Gasteiger partial charge in [0.15, 0.2) is 9.84 Å². The molecule has 1 aromatic rings. The minimum atomic E-state index is -3.26. The fourth-order valence-corrected chi connectivity index (χ4v) is 3.21. The summed E-state index contributed by atoms with van der Waals surface area (Å²) in [6.45, 7) is 4.80. The lowest BCUT2D eigenvalue weighted by molar-refractivity contribution is 0.548. The van der Waals surface area contributed by atoms with Crippen LogP contribution in [0.15, 0.2) is 29.2 Å². The second-order valence-corrected chi connectivity index (χ2v) is 7.76.